The number of esters is 1. The number of benzene rings is 1. The van der Waals surface area contributed by atoms with Crippen LogP contribution in [0.4, 0.5) is 0 Å². The van der Waals surface area contributed by atoms with Crippen LogP contribution in [-0.4, -0.2) is 23.1 Å². The van der Waals surface area contributed by atoms with Crippen LogP contribution in [0, 0.1) is 0 Å². The Labute approximate surface area is 96.0 Å². The lowest BCUT2D eigenvalue weighted by Crippen LogP contribution is -2.40. The molecule has 1 fully saturated rings. The molecule has 0 bridgehead atoms. The predicted octanol–water partition coefficient (Wildman–Crippen LogP) is 2.34. The van der Waals surface area contributed by atoms with E-state index in [1.807, 2.05) is 32.0 Å². The smallest absolute Gasteiger partial charge is 0.322 e. The molecule has 3 nitrogen and oxygen atoms in total. The summed E-state index contributed by atoms with van der Waals surface area (Å²) >= 11 is 0. The standard InChI is InChI=1S/C13H17NO2/c1-10(11-7-5-4-6-8-11)14-9-12(15)16-13(14,2)3/h4-8,10H,9H2,1-3H3. The van der Waals surface area contributed by atoms with E-state index >= 15 is 0 Å². The molecule has 1 aromatic carbocycles. The van der Waals surface area contributed by atoms with E-state index in [0.29, 0.717) is 6.54 Å². The molecule has 0 radical (unpaired) electrons. The Bertz CT molecular complexity index is 386. The lowest BCUT2D eigenvalue weighted by atomic mass is 10.1. The van der Waals surface area contributed by atoms with Crippen molar-refractivity contribution >= 4 is 5.97 Å². The highest BCUT2D eigenvalue weighted by Crippen LogP contribution is 2.32. The third-order valence-corrected chi connectivity index (χ3v) is 3.10. The van der Waals surface area contributed by atoms with Crippen LogP contribution in [0.2, 0.25) is 0 Å². The van der Waals surface area contributed by atoms with Crippen LogP contribution >= 0.6 is 0 Å². The number of carbonyl (C=O) groups is 1. The molecule has 16 heavy (non-hydrogen) atoms. The summed E-state index contributed by atoms with van der Waals surface area (Å²) < 4.78 is 5.29. The molecular weight excluding hydrogens is 202 g/mol. The van der Waals surface area contributed by atoms with Crippen molar-refractivity contribution in [3.05, 3.63) is 35.9 Å². The van der Waals surface area contributed by atoms with Gasteiger partial charge in [0.2, 0.25) is 0 Å². The van der Waals surface area contributed by atoms with Crippen molar-refractivity contribution in [2.24, 2.45) is 0 Å². The molecule has 1 atom stereocenters. The number of ether oxygens (including phenoxy) is 1. The third kappa shape index (κ3) is 1.95. The van der Waals surface area contributed by atoms with Crippen LogP contribution in [0.1, 0.15) is 32.4 Å². The van der Waals surface area contributed by atoms with Gasteiger partial charge >= 0.3 is 5.97 Å². The second-order valence-electron chi connectivity index (χ2n) is 4.64. The molecule has 0 spiro atoms. The van der Waals surface area contributed by atoms with Crippen molar-refractivity contribution in [1.29, 1.82) is 0 Å². The van der Waals surface area contributed by atoms with Crippen molar-refractivity contribution in [1.82, 2.24) is 4.90 Å². The number of carbonyl (C=O) groups excluding carboxylic acids is 1. The Morgan fingerprint density at radius 1 is 1.31 bits per heavy atom. The normalized spacial score (nSPS) is 21.8. The number of rotatable bonds is 2. The first kappa shape index (κ1) is 11.1. The number of hydrogen-bond acceptors (Lipinski definition) is 3. The van der Waals surface area contributed by atoms with Gasteiger partial charge in [0.05, 0.1) is 0 Å². The van der Waals surface area contributed by atoms with E-state index in [9.17, 15) is 4.79 Å². The van der Waals surface area contributed by atoms with E-state index in [1.165, 1.54) is 5.56 Å². The average Bonchev–Trinajstić information content (AvgIpc) is 2.52. The summed E-state index contributed by atoms with van der Waals surface area (Å²) in [6.07, 6.45) is 0. The van der Waals surface area contributed by atoms with E-state index in [0.717, 1.165) is 0 Å². The maximum Gasteiger partial charge on any atom is 0.322 e. The van der Waals surface area contributed by atoms with Gasteiger partial charge in [-0.1, -0.05) is 30.3 Å². The second-order valence-corrected chi connectivity index (χ2v) is 4.64. The fraction of sp³-hybridized carbons (Fsp3) is 0.462. The highest BCUT2D eigenvalue weighted by atomic mass is 16.6. The zero-order valence-electron chi connectivity index (χ0n) is 9.93. The van der Waals surface area contributed by atoms with Crippen LogP contribution < -0.4 is 0 Å². The molecule has 1 aromatic rings. The first-order valence-corrected chi connectivity index (χ1v) is 5.54. The molecule has 3 heteroatoms. The SMILES string of the molecule is CC(c1ccccc1)N1CC(=O)OC1(C)C. The Morgan fingerprint density at radius 2 is 1.94 bits per heavy atom. The summed E-state index contributed by atoms with van der Waals surface area (Å²) in [5.74, 6) is -0.146. The Balaban J connectivity index is 2.23. The average molecular weight is 219 g/mol. The van der Waals surface area contributed by atoms with Crippen molar-refractivity contribution in [3.63, 3.8) is 0 Å². The molecule has 0 aromatic heterocycles. The first-order chi connectivity index (χ1) is 7.50. The largest absolute Gasteiger partial charge is 0.443 e. The van der Waals surface area contributed by atoms with E-state index in [1.54, 1.807) is 0 Å². The molecule has 1 unspecified atom stereocenters. The van der Waals surface area contributed by atoms with E-state index in [-0.39, 0.29) is 12.0 Å². The van der Waals surface area contributed by atoms with Gasteiger partial charge in [-0.15, -0.1) is 0 Å². The zero-order chi connectivity index (χ0) is 11.8. The molecule has 0 N–H and O–H groups in total. The molecule has 0 saturated carbocycles. The molecule has 0 amide bonds. The molecule has 86 valence electrons. The number of hydrogen-bond donors (Lipinski definition) is 0. The molecule has 1 saturated heterocycles. The van der Waals surface area contributed by atoms with Gasteiger partial charge in [-0.25, -0.2) is 4.90 Å². The maximum atomic E-state index is 11.3. The lowest BCUT2D eigenvalue weighted by Gasteiger charge is -2.33. The minimum Gasteiger partial charge on any atom is -0.443 e. The van der Waals surface area contributed by atoms with Gasteiger partial charge in [-0.2, -0.15) is 0 Å². The quantitative estimate of drug-likeness (QED) is 0.715. The van der Waals surface area contributed by atoms with Gasteiger partial charge in [0.15, 0.2) is 5.72 Å². The first-order valence-electron chi connectivity index (χ1n) is 5.54. The van der Waals surface area contributed by atoms with Gasteiger partial charge in [0.1, 0.15) is 6.54 Å². The van der Waals surface area contributed by atoms with Crippen molar-refractivity contribution < 1.29 is 9.53 Å². The van der Waals surface area contributed by atoms with Gasteiger partial charge < -0.3 is 4.74 Å². The predicted molar refractivity (Wildman–Crippen MR) is 61.7 cm³/mol. The Morgan fingerprint density at radius 3 is 2.44 bits per heavy atom. The second kappa shape index (κ2) is 3.91. The molecule has 1 heterocycles. The number of cyclic esters (lactones) is 1. The van der Waals surface area contributed by atoms with Crippen LogP contribution in [0.3, 0.4) is 0 Å². The summed E-state index contributed by atoms with van der Waals surface area (Å²) in [6.45, 7) is 6.32. The fourth-order valence-electron chi connectivity index (χ4n) is 2.21. The minimum absolute atomic E-state index is 0.146. The highest BCUT2D eigenvalue weighted by Gasteiger charge is 2.42. The monoisotopic (exact) mass is 219 g/mol. The Kier molecular flexibility index (Phi) is 2.72. The van der Waals surface area contributed by atoms with Crippen LogP contribution in [0.5, 0.6) is 0 Å². The van der Waals surface area contributed by atoms with Crippen LogP contribution in [0.25, 0.3) is 0 Å². The van der Waals surface area contributed by atoms with E-state index in [2.05, 4.69) is 24.0 Å². The van der Waals surface area contributed by atoms with Crippen molar-refractivity contribution in [2.45, 2.75) is 32.5 Å². The summed E-state index contributed by atoms with van der Waals surface area (Å²) in [5, 5.41) is 0. The highest BCUT2D eigenvalue weighted by molar-refractivity contribution is 5.74. The van der Waals surface area contributed by atoms with Gasteiger partial charge in [-0.05, 0) is 26.3 Å². The van der Waals surface area contributed by atoms with Gasteiger partial charge in [0.25, 0.3) is 0 Å². The minimum atomic E-state index is -0.508. The van der Waals surface area contributed by atoms with Crippen LogP contribution in [-0.2, 0) is 9.53 Å². The summed E-state index contributed by atoms with van der Waals surface area (Å²) in [5.41, 5.74) is 0.695. The molecule has 1 aliphatic heterocycles. The van der Waals surface area contributed by atoms with Crippen LogP contribution in [0.15, 0.2) is 30.3 Å². The lowest BCUT2D eigenvalue weighted by molar-refractivity contribution is -0.150. The van der Waals surface area contributed by atoms with Gasteiger partial charge in [0, 0.05) is 6.04 Å². The molecule has 2 rings (SSSR count). The molecule has 1 aliphatic rings. The summed E-state index contributed by atoms with van der Waals surface area (Å²) in [4.78, 5) is 13.4. The van der Waals surface area contributed by atoms with E-state index in [4.69, 9.17) is 4.74 Å². The van der Waals surface area contributed by atoms with Gasteiger partial charge in [-0.3, -0.25) is 4.79 Å². The summed E-state index contributed by atoms with van der Waals surface area (Å²) in [7, 11) is 0. The van der Waals surface area contributed by atoms with Crippen molar-refractivity contribution in [2.75, 3.05) is 6.54 Å². The maximum absolute atomic E-state index is 11.3. The third-order valence-electron chi connectivity index (χ3n) is 3.10. The van der Waals surface area contributed by atoms with E-state index < -0.39 is 5.72 Å². The zero-order valence-corrected chi connectivity index (χ0v) is 9.93. The molecular formula is C13H17NO2. The topological polar surface area (TPSA) is 29.5 Å². The Hall–Kier alpha value is -1.35. The fourth-order valence-corrected chi connectivity index (χ4v) is 2.21. The molecule has 0 aliphatic carbocycles. The summed E-state index contributed by atoms with van der Waals surface area (Å²) in [6, 6.07) is 10.3. The van der Waals surface area contributed by atoms with Crippen molar-refractivity contribution in [3.8, 4) is 0 Å². The number of nitrogens with zero attached hydrogens (tertiary/aromatic N) is 1.